The average molecular weight is 219 g/mol. The van der Waals surface area contributed by atoms with Crippen molar-refractivity contribution < 1.29 is 14.3 Å². The fourth-order valence-corrected chi connectivity index (χ4v) is 1.98. The van der Waals surface area contributed by atoms with E-state index in [0.717, 1.165) is 18.5 Å². The SMILES string of the molecule is COC(=O)c1ccc([C@H]2CCCC2=O)nc1. The van der Waals surface area contributed by atoms with Gasteiger partial charge in [-0.2, -0.15) is 0 Å². The highest BCUT2D eigenvalue weighted by Gasteiger charge is 2.27. The molecule has 0 bridgehead atoms. The third kappa shape index (κ3) is 1.96. The smallest absolute Gasteiger partial charge is 0.339 e. The zero-order valence-corrected chi connectivity index (χ0v) is 9.10. The Morgan fingerprint density at radius 1 is 1.50 bits per heavy atom. The Hall–Kier alpha value is -1.71. The largest absolute Gasteiger partial charge is 0.465 e. The highest BCUT2D eigenvalue weighted by atomic mass is 16.5. The number of pyridine rings is 1. The number of hydrogen-bond donors (Lipinski definition) is 0. The molecule has 4 nitrogen and oxygen atoms in total. The van der Waals surface area contributed by atoms with Gasteiger partial charge < -0.3 is 4.74 Å². The van der Waals surface area contributed by atoms with Crippen molar-refractivity contribution in [1.82, 2.24) is 4.98 Å². The highest BCUT2D eigenvalue weighted by molar-refractivity contribution is 5.89. The number of hydrogen-bond acceptors (Lipinski definition) is 4. The van der Waals surface area contributed by atoms with Gasteiger partial charge in [-0.25, -0.2) is 4.79 Å². The molecule has 0 N–H and O–H groups in total. The quantitative estimate of drug-likeness (QED) is 0.710. The fourth-order valence-electron chi connectivity index (χ4n) is 1.98. The normalized spacial score (nSPS) is 19.8. The second-order valence-electron chi connectivity index (χ2n) is 3.87. The number of carbonyl (C=O) groups is 2. The lowest BCUT2D eigenvalue weighted by molar-refractivity contribution is -0.118. The summed E-state index contributed by atoms with van der Waals surface area (Å²) in [6.07, 6.45) is 3.91. The Balaban J connectivity index is 2.19. The van der Waals surface area contributed by atoms with E-state index in [2.05, 4.69) is 9.72 Å². The van der Waals surface area contributed by atoms with Crippen LogP contribution in [0.25, 0.3) is 0 Å². The molecule has 0 aromatic carbocycles. The minimum absolute atomic E-state index is 0.0771. The molecule has 4 heteroatoms. The Morgan fingerprint density at radius 3 is 2.81 bits per heavy atom. The summed E-state index contributed by atoms with van der Waals surface area (Å²) in [6.45, 7) is 0. The number of aromatic nitrogens is 1. The van der Waals surface area contributed by atoms with Gasteiger partial charge in [0, 0.05) is 12.6 Å². The third-order valence-corrected chi connectivity index (χ3v) is 2.87. The van der Waals surface area contributed by atoms with Crippen LogP contribution >= 0.6 is 0 Å². The van der Waals surface area contributed by atoms with Crippen LogP contribution in [0.4, 0.5) is 0 Å². The van der Waals surface area contributed by atoms with E-state index < -0.39 is 5.97 Å². The first kappa shape index (κ1) is 10.8. The molecule has 0 amide bonds. The third-order valence-electron chi connectivity index (χ3n) is 2.87. The number of ketones is 1. The minimum Gasteiger partial charge on any atom is -0.465 e. The lowest BCUT2D eigenvalue weighted by Crippen LogP contribution is -2.08. The van der Waals surface area contributed by atoms with E-state index in [9.17, 15) is 9.59 Å². The predicted octanol–water partition coefficient (Wildman–Crippen LogP) is 1.70. The molecule has 16 heavy (non-hydrogen) atoms. The average Bonchev–Trinajstić information content (AvgIpc) is 2.75. The minimum atomic E-state index is -0.406. The van der Waals surface area contributed by atoms with Gasteiger partial charge >= 0.3 is 5.97 Å². The number of carbonyl (C=O) groups excluding carboxylic acids is 2. The molecule has 1 aromatic rings. The zero-order valence-electron chi connectivity index (χ0n) is 9.10. The number of methoxy groups -OCH3 is 1. The van der Waals surface area contributed by atoms with Crippen LogP contribution in [-0.4, -0.2) is 23.8 Å². The van der Waals surface area contributed by atoms with Gasteiger partial charge in [-0.1, -0.05) is 0 Å². The summed E-state index contributed by atoms with van der Waals surface area (Å²) >= 11 is 0. The first-order valence-corrected chi connectivity index (χ1v) is 5.29. The number of Topliss-reactive ketones (excluding diaryl/α,β-unsaturated/α-hetero) is 1. The Bertz CT molecular complexity index is 411. The van der Waals surface area contributed by atoms with E-state index in [-0.39, 0.29) is 11.7 Å². The van der Waals surface area contributed by atoms with Gasteiger partial charge in [-0.15, -0.1) is 0 Å². The maximum atomic E-state index is 11.5. The second kappa shape index (κ2) is 4.43. The van der Waals surface area contributed by atoms with Gasteiger partial charge in [0.05, 0.1) is 24.3 Å². The molecule has 0 unspecified atom stereocenters. The molecule has 1 heterocycles. The molecule has 0 saturated heterocycles. The van der Waals surface area contributed by atoms with E-state index in [1.54, 1.807) is 12.1 Å². The van der Waals surface area contributed by atoms with Crippen molar-refractivity contribution in [2.45, 2.75) is 25.2 Å². The van der Waals surface area contributed by atoms with E-state index in [1.807, 2.05) is 0 Å². The standard InChI is InChI=1S/C12H13NO3/c1-16-12(15)8-5-6-10(13-7-8)9-3-2-4-11(9)14/h5-7,9H,2-4H2,1H3/t9-/m1/s1. The van der Waals surface area contributed by atoms with Gasteiger partial charge in [0.25, 0.3) is 0 Å². The number of ether oxygens (including phenoxy) is 1. The Kier molecular flexibility index (Phi) is 2.99. The molecule has 84 valence electrons. The van der Waals surface area contributed by atoms with Gasteiger partial charge in [-0.3, -0.25) is 9.78 Å². The monoisotopic (exact) mass is 219 g/mol. The van der Waals surface area contributed by atoms with E-state index in [1.165, 1.54) is 13.3 Å². The number of nitrogens with zero attached hydrogens (tertiary/aromatic N) is 1. The summed E-state index contributed by atoms with van der Waals surface area (Å²) < 4.78 is 4.58. The molecule has 1 fully saturated rings. The highest BCUT2D eigenvalue weighted by Crippen LogP contribution is 2.29. The molecule has 1 aromatic heterocycles. The Morgan fingerprint density at radius 2 is 2.31 bits per heavy atom. The molecule has 0 spiro atoms. The topological polar surface area (TPSA) is 56.3 Å². The van der Waals surface area contributed by atoms with Gasteiger partial charge in [-0.05, 0) is 25.0 Å². The predicted molar refractivity (Wildman–Crippen MR) is 57.2 cm³/mol. The molecule has 1 atom stereocenters. The fraction of sp³-hybridized carbons (Fsp3) is 0.417. The molecule has 1 aliphatic carbocycles. The van der Waals surface area contributed by atoms with Crippen molar-refractivity contribution in [1.29, 1.82) is 0 Å². The summed E-state index contributed by atoms with van der Waals surface area (Å²) in [5.41, 5.74) is 1.17. The first-order chi connectivity index (χ1) is 7.72. The van der Waals surface area contributed by atoms with Crippen LogP contribution in [0.15, 0.2) is 18.3 Å². The number of rotatable bonds is 2. The maximum absolute atomic E-state index is 11.5. The summed E-state index contributed by atoms with van der Waals surface area (Å²) in [4.78, 5) is 26.9. The van der Waals surface area contributed by atoms with Crippen LogP contribution in [0.2, 0.25) is 0 Å². The van der Waals surface area contributed by atoms with Gasteiger partial charge in [0.2, 0.25) is 0 Å². The summed E-state index contributed by atoms with van der Waals surface area (Å²) in [7, 11) is 1.33. The maximum Gasteiger partial charge on any atom is 0.339 e. The van der Waals surface area contributed by atoms with Crippen LogP contribution < -0.4 is 0 Å². The second-order valence-corrected chi connectivity index (χ2v) is 3.87. The van der Waals surface area contributed by atoms with E-state index >= 15 is 0 Å². The van der Waals surface area contributed by atoms with Crippen LogP contribution in [0.5, 0.6) is 0 Å². The van der Waals surface area contributed by atoms with E-state index in [4.69, 9.17) is 0 Å². The first-order valence-electron chi connectivity index (χ1n) is 5.29. The molecular weight excluding hydrogens is 206 g/mol. The van der Waals surface area contributed by atoms with E-state index in [0.29, 0.717) is 12.0 Å². The Labute approximate surface area is 93.6 Å². The van der Waals surface area contributed by atoms with Crippen molar-refractivity contribution in [3.05, 3.63) is 29.6 Å². The van der Waals surface area contributed by atoms with Gasteiger partial charge in [0.15, 0.2) is 0 Å². The lowest BCUT2D eigenvalue weighted by Gasteiger charge is -2.07. The van der Waals surface area contributed by atoms with Crippen molar-refractivity contribution in [3.63, 3.8) is 0 Å². The molecule has 1 saturated carbocycles. The van der Waals surface area contributed by atoms with Crippen LogP contribution in [0, 0.1) is 0 Å². The molecule has 0 aliphatic heterocycles. The van der Waals surface area contributed by atoms with Gasteiger partial charge in [0.1, 0.15) is 5.78 Å². The zero-order chi connectivity index (χ0) is 11.5. The van der Waals surface area contributed by atoms with Crippen molar-refractivity contribution in [2.75, 3.05) is 7.11 Å². The summed E-state index contributed by atoms with van der Waals surface area (Å²) in [5.74, 6) is -0.234. The number of esters is 1. The van der Waals surface area contributed by atoms with Crippen molar-refractivity contribution in [3.8, 4) is 0 Å². The van der Waals surface area contributed by atoms with Crippen LogP contribution in [-0.2, 0) is 9.53 Å². The summed E-state index contributed by atoms with van der Waals surface area (Å²) in [5, 5.41) is 0. The molecule has 1 aliphatic rings. The van der Waals surface area contributed by atoms with Crippen LogP contribution in [0.3, 0.4) is 0 Å². The lowest BCUT2D eigenvalue weighted by atomic mass is 10.0. The van der Waals surface area contributed by atoms with Crippen molar-refractivity contribution >= 4 is 11.8 Å². The van der Waals surface area contributed by atoms with Crippen LogP contribution in [0.1, 0.15) is 41.2 Å². The molecular formula is C12H13NO3. The summed E-state index contributed by atoms with van der Waals surface area (Å²) in [6, 6.07) is 3.39. The van der Waals surface area contributed by atoms with Crippen molar-refractivity contribution in [2.24, 2.45) is 0 Å². The molecule has 2 rings (SSSR count). The molecule has 0 radical (unpaired) electrons.